The highest BCUT2D eigenvalue weighted by atomic mass is 16.5. The van der Waals surface area contributed by atoms with Crippen molar-refractivity contribution in [1.29, 1.82) is 0 Å². The van der Waals surface area contributed by atoms with Crippen LogP contribution in [0.25, 0.3) is 5.69 Å². The maximum atomic E-state index is 12.7. The summed E-state index contributed by atoms with van der Waals surface area (Å²) in [5.41, 5.74) is 5.94. The average Bonchev–Trinajstić information content (AvgIpc) is 3.38. The molecule has 3 heterocycles. The lowest BCUT2D eigenvalue weighted by molar-refractivity contribution is 0.0945. The molecule has 1 aliphatic rings. The molecule has 1 aliphatic heterocycles. The summed E-state index contributed by atoms with van der Waals surface area (Å²) >= 11 is 0. The number of nitrogens with one attached hydrogen (secondary N) is 1. The van der Waals surface area contributed by atoms with Crippen LogP contribution in [0.15, 0.2) is 73.1 Å². The van der Waals surface area contributed by atoms with Gasteiger partial charge in [-0.2, -0.15) is 5.10 Å². The van der Waals surface area contributed by atoms with Gasteiger partial charge in [-0.15, -0.1) is 0 Å². The third-order valence-corrected chi connectivity index (χ3v) is 6.12. The number of methoxy groups -OCH3 is 1. The summed E-state index contributed by atoms with van der Waals surface area (Å²) in [4.78, 5) is 19.6. The number of anilines is 1. The Kier molecular flexibility index (Phi) is 5.99. The first-order valence-corrected chi connectivity index (χ1v) is 11.4. The number of aryl methyl sites for hydroxylation is 1. The van der Waals surface area contributed by atoms with Crippen LogP contribution in [0.5, 0.6) is 5.75 Å². The zero-order chi connectivity index (χ0) is 23.5. The first-order chi connectivity index (χ1) is 16.6. The normalized spacial score (nSPS) is 12.8. The van der Waals surface area contributed by atoms with Crippen molar-refractivity contribution >= 4 is 11.7 Å². The number of carbonyl (C=O) groups is 1. The molecule has 7 heteroatoms. The largest absolute Gasteiger partial charge is 0.494 e. The molecular weight excluding hydrogens is 426 g/mol. The third-order valence-electron chi connectivity index (χ3n) is 6.12. The number of rotatable bonds is 6. The van der Waals surface area contributed by atoms with Crippen LogP contribution in [0, 0.1) is 6.92 Å². The van der Waals surface area contributed by atoms with Gasteiger partial charge in [-0.1, -0.05) is 36.4 Å². The maximum absolute atomic E-state index is 12.7. The van der Waals surface area contributed by atoms with E-state index in [9.17, 15) is 4.79 Å². The minimum atomic E-state index is -0.234. The van der Waals surface area contributed by atoms with Gasteiger partial charge in [0.05, 0.1) is 7.11 Å². The van der Waals surface area contributed by atoms with Crippen molar-refractivity contribution in [3.05, 3.63) is 101 Å². The summed E-state index contributed by atoms with van der Waals surface area (Å²) < 4.78 is 7.09. The van der Waals surface area contributed by atoms with Crippen molar-refractivity contribution in [3.8, 4) is 11.4 Å². The minimum Gasteiger partial charge on any atom is -0.494 e. The van der Waals surface area contributed by atoms with E-state index in [-0.39, 0.29) is 5.91 Å². The van der Waals surface area contributed by atoms with Crippen LogP contribution in [0.3, 0.4) is 0 Å². The zero-order valence-corrected chi connectivity index (χ0v) is 19.4. The molecule has 2 aromatic carbocycles. The van der Waals surface area contributed by atoms with Crippen LogP contribution < -0.4 is 15.0 Å². The van der Waals surface area contributed by atoms with Gasteiger partial charge < -0.3 is 15.0 Å². The van der Waals surface area contributed by atoms with Crippen LogP contribution >= 0.6 is 0 Å². The summed E-state index contributed by atoms with van der Waals surface area (Å²) in [7, 11) is 1.62. The lowest BCUT2D eigenvalue weighted by Crippen LogP contribution is -2.31. The predicted octanol–water partition coefficient (Wildman–Crippen LogP) is 4.08. The molecule has 0 spiro atoms. The molecule has 7 nitrogen and oxygen atoms in total. The number of nitrogens with zero attached hydrogens (tertiary/aromatic N) is 4. The van der Waals surface area contributed by atoms with E-state index >= 15 is 0 Å². The maximum Gasteiger partial charge on any atom is 0.272 e. The molecule has 34 heavy (non-hydrogen) atoms. The van der Waals surface area contributed by atoms with E-state index in [0.29, 0.717) is 18.0 Å². The molecular formula is C27H27N5O2. The van der Waals surface area contributed by atoms with E-state index in [1.165, 1.54) is 11.1 Å². The highest BCUT2D eigenvalue weighted by molar-refractivity contribution is 5.92. The molecule has 0 bridgehead atoms. The van der Waals surface area contributed by atoms with E-state index < -0.39 is 0 Å². The lowest BCUT2D eigenvalue weighted by Gasteiger charge is -2.29. The Balaban J connectivity index is 1.21. The molecule has 5 rings (SSSR count). The summed E-state index contributed by atoms with van der Waals surface area (Å²) in [6, 6.07) is 20.1. The van der Waals surface area contributed by atoms with E-state index in [0.717, 1.165) is 42.1 Å². The first-order valence-electron chi connectivity index (χ1n) is 11.4. The second-order valence-electron chi connectivity index (χ2n) is 8.47. The monoisotopic (exact) mass is 453 g/mol. The van der Waals surface area contributed by atoms with Gasteiger partial charge in [-0.3, -0.25) is 4.79 Å². The summed E-state index contributed by atoms with van der Waals surface area (Å²) in [5.74, 6) is 1.42. The highest BCUT2D eigenvalue weighted by Crippen LogP contribution is 2.24. The van der Waals surface area contributed by atoms with Gasteiger partial charge in [0.1, 0.15) is 17.3 Å². The topological polar surface area (TPSA) is 72.3 Å². The SMILES string of the molecule is COc1ccc(C)cc1-n1ccc(C(=O)NCc2ccc(N3CCc4ccccc4C3)nc2)n1. The highest BCUT2D eigenvalue weighted by Gasteiger charge is 2.17. The Hall–Kier alpha value is -4.13. The molecule has 0 unspecified atom stereocenters. The fourth-order valence-electron chi connectivity index (χ4n) is 4.23. The zero-order valence-electron chi connectivity index (χ0n) is 19.4. The quantitative estimate of drug-likeness (QED) is 0.476. The van der Waals surface area contributed by atoms with Crippen LogP contribution in [0.4, 0.5) is 5.82 Å². The summed E-state index contributed by atoms with van der Waals surface area (Å²) in [6.45, 7) is 4.21. The van der Waals surface area contributed by atoms with E-state index in [2.05, 4.69) is 44.6 Å². The molecule has 1 amide bonds. The number of amides is 1. The van der Waals surface area contributed by atoms with E-state index in [1.54, 1.807) is 24.1 Å². The van der Waals surface area contributed by atoms with Crippen LogP contribution in [0.2, 0.25) is 0 Å². The number of ether oxygens (including phenoxy) is 1. The fourth-order valence-corrected chi connectivity index (χ4v) is 4.23. The van der Waals surface area contributed by atoms with Crippen LogP contribution in [-0.2, 0) is 19.5 Å². The predicted molar refractivity (Wildman–Crippen MR) is 131 cm³/mol. The van der Waals surface area contributed by atoms with Gasteiger partial charge in [0.2, 0.25) is 0 Å². The molecule has 0 aliphatic carbocycles. The van der Waals surface area contributed by atoms with Gasteiger partial charge in [-0.25, -0.2) is 9.67 Å². The average molecular weight is 454 g/mol. The van der Waals surface area contributed by atoms with Crippen molar-refractivity contribution in [2.24, 2.45) is 0 Å². The number of hydrogen-bond donors (Lipinski definition) is 1. The molecule has 0 radical (unpaired) electrons. The standard InChI is InChI=1S/C27H27N5O2/c1-19-7-9-25(34-2)24(15-19)32-14-12-23(30-32)27(33)29-17-20-8-10-26(28-16-20)31-13-11-21-5-3-4-6-22(21)18-31/h3-10,12,14-16H,11,13,17-18H2,1-2H3,(H,29,33). The van der Waals surface area contributed by atoms with Gasteiger partial charge >= 0.3 is 0 Å². The van der Waals surface area contributed by atoms with E-state index in [4.69, 9.17) is 4.74 Å². The molecule has 0 saturated carbocycles. The molecule has 2 aromatic heterocycles. The molecule has 0 fully saturated rings. The Labute approximate surface area is 199 Å². The van der Waals surface area contributed by atoms with Crippen molar-refractivity contribution in [2.45, 2.75) is 26.4 Å². The minimum absolute atomic E-state index is 0.234. The van der Waals surface area contributed by atoms with Gasteiger partial charge in [0.15, 0.2) is 5.69 Å². The number of aromatic nitrogens is 3. The molecule has 1 N–H and O–H groups in total. The molecule has 4 aromatic rings. The van der Waals surface area contributed by atoms with E-state index in [1.807, 2.05) is 43.5 Å². The number of pyridine rings is 1. The Morgan fingerprint density at radius 3 is 2.74 bits per heavy atom. The molecule has 0 saturated heterocycles. The Morgan fingerprint density at radius 2 is 1.94 bits per heavy atom. The summed E-state index contributed by atoms with van der Waals surface area (Å²) in [6.07, 6.45) is 4.61. The number of fused-ring (bicyclic) bond motifs is 1. The van der Waals surface area contributed by atoms with Gasteiger partial charge in [-0.05, 0) is 59.9 Å². The van der Waals surface area contributed by atoms with Crippen molar-refractivity contribution in [2.75, 3.05) is 18.6 Å². The third kappa shape index (κ3) is 4.50. The fraction of sp³-hybridized carbons (Fsp3) is 0.222. The number of hydrogen-bond acceptors (Lipinski definition) is 5. The van der Waals surface area contributed by atoms with Crippen molar-refractivity contribution < 1.29 is 9.53 Å². The second-order valence-corrected chi connectivity index (χ2v) is 8.47. The van der Waals surface area contributed by atoms with Gasteiger partial charge in [0, 0.05) is 32.0 Å². The Morgan fingerprint density at radius 1 is 1.09 bits per heavy atom. The lowest BCUT2D eigenvalue weighted by atomic mass is 10.00. The van der Waals surface area contributed by atoms with Crippen molar-refractivity contribution in [1.82, 2.24) is 20.1 Å². The Bertz CT molecular complexity index is 1310. The summed E-state index contributed by atoms with van der Waals surface area (Å²) in [5, 5.41) is 7.37. The van der Waals surface area contributed by atoms with Gasteiger partial charge in [0.25, 0.3) is 5.91 Å². The second kappa shape index (κ2) is 9.39. The van der Waals surface area contributed by atoms with Crippen LogP contribution in [-0.4, -0.2) is 34.3 Å². The molecule has 0 atom stereocenters. The van der Waals surface area contributed by atoms with Crippen molar-refractivity contribution in [3.63, 3.8) is 0 Å². The molecule has 172 valence electrons. The smallest absolute Gasteiger partial charge is 0.272 e. The first kappa shape index (κ1) is 21.7. The number of carbonyl (C=O) groups excluding carboxylic acids is 1. The number of benzene rings is 2. The van der Waals surface area contributed by atoms with Crippen LogP contribution in [0.1, 0.15) is 32.7 Å².